The molecule has 1 saturated carbocycles. The Balaban J connectivity index is 2.15. The third-order valence-corrected chi connectivity index (χ3v) is 3.64. The quantitative estimate of drug-likeness (QED) is 0.522. The fourth-order valence-electron chi connectivity index (χ4n) is 1.50. The number of nitro benzene ring substituents is 1. The summed E-state index contributed by atoms with van der Waals surface area (Å²) in [6, 6.07) is 5.26. The molecular formula is C11H13IN2O2. The van der Waals surface area contributed by atoms with Crippen molar-refractivity contribution in [2.24, 2.45) is 5.41 Å². The molecular weight excluding hydrogens is 319 g/mol. The SMILES string of the molecule is CC1(CNc2ccc(I)cc2[N+](=O)[O-])CC1. The second-order valence-corrected chi connectivity index (χ2v) is 5.83. The predicted octanol–water partition coefficient (Wildman–Crippen LogP) is 3.41. The van der Waals surface area contributed by atoms with Gasteiger partial charge in [-0.2, -0.15) is 0 Å². The van der Waals surface area contributed by atoms with Gasteiger partial charge >= 0.3 is 0 Å². The van der Waals surface area contributed by atoms with E-state index in [0.717, 1.165) is 10.1 Å². The summed E-state index contributed by atoms with van der Waals surface area (Å²) in [7, 11) is 0. The first kappa shape index (κ1) is 11.6. The molecule has 0 aromatic heterocycles. The molecule has 0 saturated heterocycles. The van der Waals surface area contributed by atoms with Crippen LogP contribution >= 0.6 is 22.6 Å². The molecule has 0 spiro atoms. The number of nitrogens with one attached hydrogen (secondary N) is 1. The number of rotatable bonds is 4. The fourth-order valence-corrected chi connectivity index (χ4v) is 1.98. The minimum absolute atomic E-state index is 0.163. The first-order valence-electron chi connectivity index (χ1n) is 5.18. The van der Waals surface area contributed by atoms with Gasteiger partial charge in [-0.05, 0) is 53.0 Å². The van der Waals surface area contributed by atoms with Crippen molar-refractivity contribution in [3.63, 3.8) is 0 Å². The van der Waals surface area contributed by atoms with Gasteiger partial charge in [-0.25, -0.2) is 0 Å². The maximum absolute atomic E-state index is 10.9. The molecule has 0 aliphatic heterocycles. The van der Waals surface area contributed by atoms with Crippen LogP contribution in [0.2, 0.25) is 0 Å². The van der Waals surface area contributed by atoms with Crippen LogP contribution in [0, 0.1) is 19.1 Å². The van der Waals surface area contributed by atoms with E-state index in [1.807, 2.05) is 6.07 Å². The lowest BCUT2D eigenvalue weighted by molar-refractivity contribution is -0.384. The van der Waals surface area contributed by atoms with Crippen molar-refractivity contribution < 1.29 is 4.92 Å². The zero-order valence-electron chi connectivity index (χ0n) is 9.00. The predicted molar refractivity (Wildman–Crippen MR) is 71.6 cm³/mol. The van der Waals surface area contributed by atoms with Gasteiger partial charge in [0, 0.05) is 16.2 Å². The third-order valence-electron chi connectivity index (χ3n) is 2.97. The van der Waals surface area contributed by atoms with Gasteiger partial charge in [0.05, 0.1) is 4.92 Å². The summed E-state index contributed by atoms with van der Waals surface area (Å²) < 4.78 is 0.882. The van der Waals surface area contributed by atoms with E-state index in [4.69, 9.17) is 0 Å². The number of benzene rings is 1. The number of nitro groups is 1. The van der Waals surface area contributed by atoms with Gasteiger partial charge < -0.3 is 5.32 Å². The molecule has 1 aromatic rings. The van der Waals surface area contributed by atoms with Crippen molar-refractivity contribution in [3.05, 3.63) is 31.9 Å². The molecule has 1 aromatic carbocycles. The molecule has 1 fully saturated rings. The average Bonchev–Trinajstić information content (AvgIpc) is 2.95. The largest absolute Gasteiger partial charge is 0.379 e. The second-order valence-electron chi connectivity index (χ2n) is 4.58. The minimum atomic E-state index is -0.334. The van der Waals surface area contributed by atoms with Crippen molar-refractivity contribution in [3.8, 4) is 0 Å². The summed E-state index contributed by atoms with van der Waals surface area (Å²) in [5, 5.41) is 14.1. The Kier molecular flexibility index (Phi) is 3.05. The number of nitrogens with zero attached hydrogens (tertiary/aromatic N) is 1. The average molecular weight is 332 g/mol. The van der Waals surface area contributed by atoms with Crippen molar-refractivity contribution in [1.82, 2.24) is 0 Å². The standard InChI is InChI=1S/C11H13IN2O2/c1-11(4-5-11)7-13-9-3-2-8(12)6-10(9)14(15)16/h2-3,6,13H,4-5,7H2,1H3. The molecule has 0 bridgehead atoms. The zero-order chi connectivity index (χ0) is 11.8. The highest BCUT2D eigenvalue weighted by Crippen LogP contribution is 2.45. The normalized spacial score (nSPS) is 16.9. The minimum Gasteiger partial charge on any atom is -0.379 e. The van der Waals surface area contributed by atoms with E-state index in [1.54, 1.807) is 12.1 Å². The molecule has 1 aliphatic carbocycles. The number of halogens is 1. The lowest BCUT2D eigenvalue weighted by Gasteiger charge is -2.11. The smallest absolute Gasteiger partial charge is 0.293 e. The fraction of sp³-hybridized carbons (Fsp3) is 0.455. The molecule has 1 aliphatic rings. The van der Waals surface area contributed by atoms with Crippen LogP contribution < -0.4 is 5.32 Å². The van der Waals surface area contributed by atoms with Crippen molar-refractivity contribution >= 4 is 34.0 Å². The van der Waals surface area contributed by atoms with E-state index >= 15 is 0 Å². The number of anilines is 1. The molecule has 0 unspecified atom stereocenters. The Morgan fingerprint density at radius 3 is 2.81 bits per heavy atom. The topological polar surface area (TPSA) is 55.2 Å². The van der Waals surface area contributed by atoms with Crippen LogP contribution in [0.4, 0.5) is 11.4 Å². The summed E-state index contributed by atoms with van der Waals surface area (Å²) in [4.78, 5) is 10.5. The van der Waals surface area contributed by atoms with E-state index in [-0.39, 0.29) is 10.6 Å². The summed E-state index contributed by atoms with van der Waals surface area (Å²) in [5.41, 5.74) is 1.13. The maximum Gasteiger partial charge on any atom is 0.293 e. The monoisotopic (exact) mass is 332 g/mol. The first-order chi connectivity index (χ1) is 7.50. The molecule has 5 heteroatoms. The molecule has 1 N–H and O–H groups in total. The Labute approximate surface area is 108 Å². The van der Waals surface area contributed by atoms with Crippen LogP contribution in [0.1, 0.15) is 19.8 Å². The van der Waals surface area contributed by atoms with Crippen molar-refractivity contribution in [2.45, 2.75) is 19.8 Å². The molecule has 0 amide bonds. The van der Waals surface area contributed by atoms with Crippen LogP contribution in [-0.2, 0) is 0 Å². The highest BCUT2D eigenvalue weighted by molar-refractivity contribution is 14.1. The van der Waals surface area contributed by atoms with E-state index in [9.17, 15) is 10.1 Å². The van der Waals surface area contributed by atoms with Crippen LogP contribution in [0.3, 0.4) is 0 Å². The maximum atomic E-state index is 10.9. The van der Waals surface area contributed by atoms with Crippen molar-refractivity contribution in [1.29, 1.82) is 0 Å². The van der Waals surface area contributed by atoms with Gasteiger partial charge in [-0.1, -0.05) is 6.92 Å². The third kappa shape index (κ3) is 2.63. The summed E-state index contributed by atoms with van der Waals surface area (Å²) in [6.07, 6.45) is 2.41. The number of hydrogen-bond donors (Lipinski definition) is 1. The molecule has 4 nitrogen and oxygen atoms in total. The molecule has 0 heterocycles. The molecule has 0 radical (unpaired) electrons. The Morgan fingerprint density at radius 1 is 1.56 bits per heavy atom. The van der Waals surface area contributed by atoms with Gasteiger partial charge in [-0.15, -0.1) is 0 Å². The van der Waals surface area contributed by atoms with E-state index < -0.39 is 0 Å². The Hall–Kier alpha value is -0.850. The van der Waals surface area contributed by atoms with E-state index in [2.05, 4.69) is 34.8 Å². The number of hydrogen-bond acceptors (Lipinski definition) is 3. The Morgan fingerprint density at radius 2 is 2.25 bits per heavy atom. The highest BCUT2D eigenvalue weighted by Gasteiger charge is 2.37. The van der Waals surface area contributed by atoms with E-state index in [1.165, 1.54) is 12.8 Å². The molecule has 16 heavy (non-hydrogen) atoms. The molecule has 0 atom stereocenters. The molecule has 86 valence electrons. The van der Waals surface area contributed by atoms with Gasteiger partial charge in [0.2, 0.25) is 0 Å². The van der Waals surface area contributed by atoms with Crippen molar-refractivity contribution in [2.75, 3.05) is 11.9 Å². The lowest BCUT2D eigenvalue weighted by Crippen LogP contribution is -2.12. The summed E-state index contributed by atoms with van der Waals surface area (Å²) in [6.45, 7) is 3.01. The second kappa shape index (κ2) is 4.20. The summed E-state index contributed by atoms with van der Waals surface area (Å²) >= 11 is 2.08. The van der Waals surface area contributed by atoms with E-state index in [0.29, 0.717) is 11.1 Å². The summed E-state index contributed by atoms with van der Waals surface area (Å²) in [5.74, 6) is 0. The van der Waals surface area contributed by atoms with Gasteiger partial charge in [0.25, 0.3) is 5.69 Å². The van der Waals surface area contributed by atoms with Gasteiger partial charge in [0.1, 0.15) is 5.69 Å². The van der Waals surface area contributed by atoms with Crippen LogP contribution in [0.15, 0.2) is 18.2 Å². The molecule has 2 rings (SSSR count). The highest BCUT2D eigenvalue weighted by atomic mass is 127. The van der Waals surface area contributed by atoms with Crippen LogP contribution in [0.25, 0.3) is 0 Å². The lowest BCUT2D eigenvalue weighted by atomic mass is 10.1. The first-order valence-corrected chi connectivity index (χ1v) is 6.26. The zero-order valence-corrected chi connectivity index (χ0v) is 11.2. The Bertz CT molecular complexity index is 430. The van der Waals surface area contributed by atoms with Crippen LogP contribution in [-0.4, -0.2) is 11.5 Å². The van der Waals surface area contributed by atoms with Gasteiger partial charge in [-0.3, -0.25) is 10.1 Å². The van der Waals surface area contributed by atoms with Gasteiger partial charge in [0.15, 0.2) is 0 Å². The van der Waals surface area contributed by atoms with Crippen LogP contribution in [0.5, 0.6) is 0 Å².